The van der Waals surface area contributed by atoms with Crippen molar-refractivity contribution in [2.45, 2.75) is 56.9 Å². The molecule has 0 amide bonds. The van der Waals surface area contributed by atoms with Gasteiger partial charge in [0.15, 0.2) is 0 Å². The summed E-state index contributed by atoms with van der Waals surface area (Å²) in [5.74, 6) is 0.0685. The fourth-order valence-corrected chi connectivity index (χ4v) is 4.03. The number of carbonyl (C=O) groups is 1. The van der Waals surface area contributed by atoms with E-state index >= 15 is 0 Å². The third kappa shape index (κ3) is 5.32. The van der Waals surface area contributed by atoms with Crippen LogP contribution < -0.4 is 4.72 Å². The highest BCUT2D eigenvalue weighted by molar-refractivity contribution is 7.89. The summed E-state index contributed by atoms with van der Waals surface area (Å²) in [6, 6.07) is 5.68. The maximum Gasteiger partial charge on any atom is 0.338 e. The largest absolute Gasteiger partial charge is 0.462 e. The molecule has 2 rings (SSSR count). The second-order valence-electron chi connectivity index (χ2n) is 6.40. The average molecular weight is 339 g/mol. The van der Waals surface area contributed by atoms with Gasteiger partial charge in [-0.2, -0.15) is 0 Å². The molecule has 0 spiro atoms. The lowest BCUT2D eigenvalue weighted by Crippen LogP contribution is -2.30. The summed E-state index contributed by atoms with van der Waals surface area (Å²) in [6.07, 6.45) is 5.91. The van der Waals surface area contributed by atoms with E-state index in [9.17, 15) is 13.2 Å². The number of hydrogen-bond donors (Lipinski definition) is 1. The van der Waals surface area contributed by atoms with Crippen LogP contribution in [0.4, 0.5) is 0 Å². The molecule has 0 aromatic heterocycles. The van der Waals surface area contributed by atoms with E-state index in [1.165, 1.54) is 43.5 Å². The maximum absolute atomic E-state index is 12.0. The molecular weight excluding hydrogens is 314 g/mol. The number of benzene rings is 1. The summed E-state index contributed by atoms with van der Waals surface area (Å²) in [4.78, 5) is 12.2. The number of hydrogen-bond acceptors (Lipinski definition) is 4. The summed E-state index contributed by atoms with van der Waals surface area (Å²) >= 11 is 0. The quantitative estimate of drug-likeness (QED) is 0.808. The molecule has 5 nitrogen and oxygen atoms in total. The molecule has 0 heterocycles. The fourth-order valence-electron chi connectivity index (χ4n) is 2.78. The number of esters is 1. The minimum atomic E-state index is -3.53. The van der Waals surface area contributed by atoms with Gasteiger partial charge in [0.05, 0.1) is 17.1 Å². The van der Waals surface area contributed by atoms with Gasteiger partial charge in [-0.1, -0.05) is 19.3 Å². The molecule has 1 fully saturated rings. The Morgan fingerprint density at radius 2 is 1.78 bits per heavy atom. The van der Waals surface area contributed by atoms with E-state index in [4.69, 9.17) is 4.74 Å². The number of carbonyl (C=O) groups excluding carboxylic acids is 1. The van der Waals surface area contributed by atoms with Crippen molar-refractivity contribution in [3.05, 3.63) is 29.8 Å². The van der Waals surface area contributed by atoms with Crippen molar-refractivity contribution in [2.75, 3.05) is 6.61 Å². The molecule has 1 aromatic rings. The van der Waals surface area contributed by atoms with E-state index in [1.54, 1.807) is 13.8 Å². The van der Waals surface area contributed by atoms with Gasteiger partial charge in [-0.25, -0.2) is 17.9 Å². The Balaban J connectivity index is 1.94. The maximum atomic E-state index is 12.0. The van der Waals surface area contributed by atoms with Gasteiger partial charge in [-0.3, -0.25) is 0 Å². The SMILES string of the molecule is CC(C)NS(=O)(=O)c1ccc(C(=O)OCC2CCCCC2)cc1. The second-order valence-corrected chi connectivity index (χ2v) is 8.12. The lowest BCUT2D eigenvalue weighted by atomic mass is 9.90. The molecule has 1 aromatic carbocycles. The zero-order valence-corrected chi connectivity index (χ0v) is 14.6. The summed E-state index contributed by atoms with van der Waals surface area (Å²) in [5.41, 5.74) is 0.379. The van der Waals surface area contributed by atoms with E-state index in [2.05, 4.69) is 4.72 Å². The highest BCUT2D eigenvalue weighted by Gasteiger charge is 2.18. The zero-order chi connectivity index (χ0) is 16.9. The van der Waals surface area contributed by atoms with Gasteiger partial charge in [0.1, 0.15) is 0 Å². The molecule has 0 bridgehead atoms. The average Bonchev–Trinajstić information content (AvgIpc) is 2.52. The van der Waals surface area contributed by atoms with Crippen LogP contribution in [0.15, 0.2) is 29.2 Å². The van der Waals surface area contributed by atoms with Crippen LogP contribution in [0.3, 0.4) is 0 Å². The molecule has 0 radical (unpaired) electrons. The summed E-state index contributed by atoms with van der Waals surface area (Å²) in [7, 11) is -3.53. The van der Waals surface area contributed by atoms with Crippen LogP contribution >= 0.6 is 0 Å². The number of nitrogens with one attached hydrogen (secondary N) is 1. The Morgan fingerprint density at radius 1 is 1.17 bits per heavy atom. The minimum absolute atomic E-state index is 0.148. The van der Waals surface area contributed by atoms with Crippen LogP contribution in [-0.4, -0.2) is 27.0 Å². The molecule has 0 aliphatic heterocycles. The molecule has 1 saturated carbocycles. The van der Waals surface area contributed by atoms with Crippen molar-refractivity contribution < 1.29 is 17.9 Å². The number of rotatable bonds is 6. The lowest BCUT2D eigenvalue weighted by Gasteiger charge is -2.21. The standard InChI is InChI=1S/C17H25NO4S/c1-13(2)18-23(20,21)16-10-8-15(9-11-16)17(19)22-12-14-6-4-3-5-7-14/h8-11,13-14,18H,3-7,12H2,1-2H3. The number of sulfonamides is 1. The van der Waals surface area contributed by atoms with Gasteiger partial charge in [0, 0.05) is 6.04 Å². The first-order valence-electron chi connectivity index (χ1n) is 8.18. The Morgan fingerprint density at radius 3 is 2.35 bits per heavy atom. The van der Waals surface area contributed by atoms with Crippen molar-refractivity contribution in [2.24, 2.45) is 5.92 Å². The van der Waals surface area contributed by atoms with Gasteiger partial charge < -0.3 is 4.74 Å². The molecule has 1 aliphatic carbocycles. The van der Waals surface area contributed by atoms with Gasteiger partial charge in [0.25, 0.3) is 0 Å². The first kappa shape index (κ1) is 17.9. The summed E-state index contributed by atoms with van der Waals surface area (Å²) in [5, 5.41) is 0. The predicted octanol–water partition coefficient (Wildman–Crippen LogP) is 3.11. The zero-order valence-electron chi connectivity index (χ0n) is 13.7. The topological polar surface area (TPSA) is 72.5 Å². The Kier molecular flexibility index (Phi) is 6.18. The molecule has 1 aliphatic rings. The molecule has 0 atom stereocenters. The van der Waals surface area contributed by atoms with Gasteiger partial charge in [-0.05, 0) is 56.9 Å². The van der Waals surface area contributed by atoms with Gasteiger partial charge in [-0.15, -0.1) is 0 Å². The molecule has 6 heteroatoms. The smallest absolute Gasteiger partial charge is 0.338 e. The monoisotopic (exact) mass is 339 g/mol. The summed E-state index contributed by atoms with van der Waals surface area (Å²) < 4.78 is 31.9. The van der Waals surface area contributed by atoms with Gasteiger partial charge in [0.2, 0.25) is 10.0 Å². The lowest BCUT2D eigenvalue weighted by molar-refractivity contribution is 0.0410. The van der Waals surface area contributed by atoms with Crippen LogP contribution in [-0.2, 0) is 14.8 Å². The van der Waals surface area contributed by atoms with Crippen molar-refractivity contribution >= 4 is 16.0 Å². The van der Waals surface area contributed by atoms with Crippen LogP contribution in [0.1, 0.15) is 56.3 Å². The first-order valence-corrected chi connectivity index (χ1v) is 9.66. The van der Waals surface area contributed by atoms with Crippen molar-refractivity contribution in [1.82, 2.24) is 4.72 Å². The predicted molar refractivity (Wildman–Crippen MR) is 88.8 cm³/mol. The van der Waals surface area contributed by atoms with E-state index in [1.807, 2.05) is 0 Å². The molecule has 128 valence electrons. The van der Waals surface area contributed by atoms with E-state index < -0.39 is 16.0 Å². The van der Waals surface area contributed by atoms with E-state index in [0.717, 1.165) is 12.8 Å². The Bertz CT molecular complexity index is 616. The normalized spacial score (nSPS) is 16.5. The highest BCUT2D eigenvalue weighted by atomic mass is 32.2. The van der Waals surface area contributed by atoms with Crippen LogP contribution in [0.2, 0.25) is 0 Å². The Labute approximate surface area is 138 Å². The molecule has 1 N–H and O–H groups in total. The van der Waals surface area contributed by atoms with Crippen LogP contribution in [0.5, 0.6) is 0 Å². The third-order valence-corrected chi connectivity index (χ3v) is 5.64. The first-order chi connectivity index (χ1) is 10.9. The van der Waals surface area contributed by atoms with E-state index in [-0.39, 0.29) is 10.9 Å². The van der Waals surface area contributed by atoms with Crippen molar-refractivity contribution in [3.8, 4) is 0 Å². The molecule has 0 unspecified atom stereocenters. The molecule has 23 heavy (non-hydrogen) atoms. The second kappa shape index (κ2) is 7.93. The third-order valence-electron chi connectivity index (χ3n) is 3.97. The van der Waals surface area contributed by atoms with E-state index in [0.29, 0.717) is 18.1 Å². The molecule has 0 saturated heterocycles. The minimum Gasteiger partial charge on any atom is -0.462 e. The van der Waals surface area contributed by atoms with Crippen LogP contribution in [0, 0.1) is 5.92 Å². The number of ether oxygens (including phenoxy) is 1. The van der Waals surface area contributed by atoms with Crippen LogP contribution in [0.25, 0.3) is 0 Å². The van der Waals surface area contributed by atoms with Gasteiger partial charge >= 0.3 is 5.97 Å². The fraction of sp³-hybridized carbons (Fsp3) is 0.588. The highest BCUT2D eigenvalue weighted by Crippen LogP contribution is 2.24. The van der Waals surface area contributed by atoms with Crippen molar-refractivity contribution in [1.29, 1.82) is 0 Å². The summed E-state index contributed by atoms with van der Waals surface area (Å²) in [6.45, 7) is 3.97. The Hall–Kier alpha value is -1.40. The molecular formula is C17H25NO4S. The van der Waals surface area contributed by atoms with Crippen molar-refractivity contribution in [3.63, 3.8) is 0 Å².